The summed E-state index contributed by atoms with van der Waals surface area (Å²) in [5, 5.41) is 9.25. The minimum absolute atomic E-state index is 0.0343. The quantitative estimate of drug-likeness (QED) is 0.498. The molecule has 1 heterocycles. The summed E-state index contributed by atoms with van der Waals surface area (Å²) in [6.45, 7) is -1.82. The first-order valence-corrected chi connectivity index (χ1v) is 9.97. The number of methoxy groups -OCH3 is 1. The molecule has 12 heteroatoms. The Hall–Kier alpha value is -3.83. The van der Waals surface area contributed by atoms with E-state index in [0.29, 0.717) is 11.1 Å². The molecule has 1 aliphatic heterocycles. The number of esters is 1. The largest absolute Gasteiger partial charge is 0.487 e. The Balaban J connectivity index is 2.14. The lowest BCUT2D eigenvalue weighted by Crippen LogP contribution is -2.45. The van der Waals surface area contributed by atoms with E-state index in [1.807, 2.05) is 0 Å². The smallest absolute Gasteiger partial charge is 0.471 e. The molecule has 0 saturated carbocycles. The number of hydrogen-bond acceptors (Lipinski definition) is 5. The standard InChI is InChI=1S/C22H20F4N2O6/c1-33-17(29)11-28(20(30)22(24,25)26)19-16(34-12-13-5-3-2-4-6-13)9-14-7-8-27(21(31)32)10-15(14)18(19)23/h2-6,9H,7-8,10-12H2,1H3,(H,31,32). The second-order valence-electron chi connectivity index (χ2n) is 7.37. The zero-order chi connectivity index (χ0) is 25.0. The number of rotatable bonds is 6. The first kappa shape index (κ1) is 24.8. The molecular weight excluding hydrogens is 464 g/mol. The van der Waals surface area contributed by atoms with Crippen LogP contribution in [0.3, 0.4) is 0 Å². The van der Waals surface area contributed by atoms with Gasteiger partial charge in [-0.15, -0.1) is 0 Å². The monoisotopic (exact) mass is 484 g/mol. The van der Waals surface area contributed by atoms with Gasteiger partial charge in [0.05, 0.1) is 13.7 Å². The van der Waals surface area contributed by atoms with Crippen LogP contribution in [0.4, 0.5) is 28.0 Å². The van der Waals surface area contributed by atoms with Gasteiger partial charge < -0.3 is 19.5 Å². The topological polar surface area (TPSA) is 96.4 Å². The number of fused-ring (bicyclic) bond motifs is 1. The van der Waals surface area contributed by atoms with Gasteiger partial charge in [-0.2, -0.15) is 13.2 Å². The van der Waals surface area contributed by atoms with Crippen LogP contribution in [0.1, 0.15) is 16.7 Å². The number of ether oxygens (including phenoxy) is 2. The van der Waals surface area contributed by atoms with E-state index in [-0.39, 0.29) is 30.0 Å². The predicted octanol–water partition coefficient (Wildman–Crippen LogP) is 3.51. The van der Waals surface area contributed by atoms with Crippen LogP contribution in [0.15, 0.2) is 36.4 Å². The molecule has 0 unspecified atom stereocenters. The SMILES string of the molecule is COC(=O)CN(C(=O)C(F)(F)F)c1c(OCc2ccccc2)cc2c(c1F)CN(C(=O)O)CC2. The molecule has 2 amide bonds. The van der Waals surface area contributed by atoms with Gasteiger partial charge in [0.1, 0.15) is 24.6 Å². The molecule has 1 aliphatic rings. The third-order valence-electron chi connectivity index (χ3n) is 5.18. The maximum Gasteiger partial charge on any atom is 0.471 e. The van der Waals surface area contributed by atoms with Crippen molar-refractivity contribution in [2.45, 2.75) is 25.7 Å². The molecule has 2 aromatic carbocycles. The molecule has 2 aromatic rings. The highest BCUT2D eigenvalue weighted by Gasteiger charge is 2.46. The molecular formula is C22H20F4N2O6. The zero-order valence-corrected chi connectivity index (χ0v) is 17.9. The van der Waals surface area contributed by atoms with Gasteiger partial charge in [0.15, 0.2) is 5.82 Å². The molecule has 1 N–H and O–H groups in total. The van der Waals surface area contributed by atoms with E-state index in [1.165, 1.54) is 6.07 Å². The summed E-state index contributed by atoms with van der Waals surface area (Å²) in [6, 6.07) is 9.75. The lowest BCUT2D eigenvalue weighted by molar-refractivity contribution is -0.171. The lowest BCUT2D eigenvalue weighted by Gasteiger charge is -2.31. The van der Waals surface area contributed by atoms with Crippen molar-refractivity contribution in [2.75, 3.05) is 25.1 Å². The van der Waals surface area contributed by atoms with E-state index in [1.54, 1.807) is 30.3 Å². The third-order valence-corrected chi connectivity index (χ3v) is 5.18. The molecule has 34 heavy (non-hydrogen) atoms. The Morgan fingerprint density at radius 1 is 1.18 bits per heavy atom. The van der Waals surface area contributed by atoms with Crippen molar-refractivity contribution < 1.29 is 46.5 Å². The highest BCUT2D eigenvalue weighted by molar-refractivity contribution is 6.02. The van der Waals surface area contributed by atoms with Crippen LogP contribution < -0.4 is 9.64 Å². The van der Waals surface area contributed by atoms with Crippen molar-refractivity contribution in [3.05, 3.63) is 58.9 Å². The average Bonchev–Trinajstić information content (AvgIpc) is 2.80. The van der Waals surface area contributed by atoms with E-state index < -0.39 is 54.5 Å². The summed E-state index contributed by atoms with van der Waals surface area (Å²) in [7, 11) is 0.902. The Labute approximate surface area is 191 Å². The zero-order valence-electron chi connectivity index (χ0n) is 17.9. The highest BCUT2D eigenvalue weighted by atomic mass is 19.4. The molecule has 0 bridgehead atoms. The van der Waals surface area contributed by atoms with Gasteiger partial charge in [-0.25, -0.2) is 9.18 Å². The number of carbonyl (C=O) groups is 3. The molecule has 0 fully saturated rings. The maximum absolute atomic E-state index is 15.7. The fourth-order valence-corrected chi connectivity index (χ4v) is 3.48. The number of carbonyl (C=O) groups excluding carboxylic acids is 2. The second-order valence-corrected chi connectivity index (χ2v) is 7.37. The van der Waals surface area contributed by atoms with Crippen molar-refractivity contribution in [3.8, 4) is 5.75 Å². The Morgan fingerprint density at radius 2 is 1.85 bits per heavy atom. The van der Waals surface area contributed by atoms with Crippen molar-refractivity contribution >= 4 is 23.7 Å². The first-order chi connectivity index (χ1) is 16.0. The number of nitrogens with zero attached hydrogens (tertiary/aromatic N) is 2. The molecule has 8 nitrogen and oxygen atoms in total. The Bertz CT molecular complexity index is 1090. The molecule has 0 radical (unpaired) electrons. The molecule has 0 atom stereocenters. The predicted molar refractivity (Wildman–Crippen MR) is 110 cm³/mol. The summed E-state index contributed by atoms with van der Waals surface area (Å²) >= 11 is 0. The summed E-state index contributed by atoms with van der Waals surface area (Å²) in [4.78, 5) is 36.2. The van der Waals surface area contributed by atoms with Crippen LogP contribution in [0.5, 0.6) is 5.75 Å². The fraction of sp³-hybridized carbons (Fsp3) is 0.318. The van der Waals surface area contributed by atoms with Crippen molar-refractivity contribution in [1.82, 2.24) is 4.90 Å². The Kier molecular flexibility index (Phi) is 7.28. The van der Waals surface area contributed by atoms with Crippen molar-refractivity contribution in [3.63, 3.8) is 0 Å². The molecule has 0 spiro atoms. The number of halogens is 4. The number of carboxylic acid groups (broad SMARTS) is 1. The van der Waals surface area contributed by atoms with E-state index in [4.69, 9.17) is 4.74 Å². The van der Waals surface area contributed by atoms with Crippen LogP contribution in [0.25, 0.3) is 0 Å². The maximum atomic E-state index is 15.7. The molecule has 0 aliphatic carbocycles. The van der Waals surface area contributed by atoms with Gasteiger partial charge >= 0.3 is 24.1 Å². The Morgan fingerprint density at radius 3 is 2.44 bits per heavy atom. The minimum atomic E-state index is -5.44. The number of amides is 2. The van der Waals surface area contributed by atoms with Crippen LogP contribution in [-0.2, 0) is 33.9 Å². The average molecular weight is 484 g/mol. The molecule has 182 valence electrons. The summed E-state index contributed by atoms with van der Waals surface area (Å²) < 4.78 is 65.8. The highest BCUT2D eigenvalue weighted by Crippen LogP contribution is 2.40. The van der Waals surface area contributed by atoms with Crippen LogP contribution in [-0.4, -0.2) is 54.4 Å². The van der Waals surface area contributed by atoms with Crippen LogP contribution >= 0.6 is 0 Å². The number of hydrogen-bond donors (Lipinski definition) is 1. The van der Waals surface area contributed by atoms with Gasteiger partial charge in [-0.3, -0.25) is 14.5 Å². The fourth-order valence-electron chi connectivity index (χ4n) is 3.48. The molecule has 3 rings (SSSR count). The van der Waals surface area contributed by atoms with Crippen molar-refractivity contribution in [1.29, 1.82) is 0 Å². The summed E-state index contributed by atoms with van der Waals surface area (Å²) in [5.74, 6) is -5.42. The van der Waals surface area contributed by atoms with Crippen LogP contribution in [0.2, 0.25) is 0 Å². The van der Waals surface area contributed by atoms with E-state index in [2.05, 4.69) is 4.74 Å². The normalized spacial score (nSPS) is 13.1. The number of anilines is 1. The van der Waals surface area contributed by atoms with Gasteiger partial charge in [-0.05, 0) is 23.6 Å². The second kappa shape index (κ2) is 9.98. The first-order valence-electron chi connectivity index (χ1n) is 9.97. The molecule has 0 aromatic heterocycles. The van der Waals surface area contributed by atoms with Gasteiger partial charge in [-0.1, -0.05) is 30.3 Å². The minimum Gasteiger partial charge on any atom is -0.487 e. The number of alkyl halides is 3. The summed E-state index contributed by atoms with van der Waals surface area (Å²) in [5.41, 5.74) is -0.195. The lowest BCUT2D eigenvalue weighted by atomic mass is 9.97. The molecule has 0 saturated heterocycles. The van der Waals surface area contributed by atoms with E-state index in [0.717, 1.165) is 12.0 Å². The van der Waals surface area contributed by atoms with Gasteiger partial charge in [0.2, 0.25) is 0 Å². The van der Waals surface area contributed by atoms with Gasteiger partial charge in [0.25, 0.3) is 0 Å². The number of benzene rings is 2. The third kappa shape index (κ3) is 5.38. The summed E-state index contributed by atoms with van der Waals surface area (Å²) in [6.07, 6.45) is -6.71. The van der Waals surface area contributed by atoms with E-state index >= 15 is 4.39 Å². The van der Waals surface area contributed by atoms with E-state index in [9.17, 15) is 32.7 Å². The van der Waals surface area contributed by atoms with Crippen LogP contribution in [0, 0.1) is 5.82 Å². The van der Waals surface area contributed by atoms with Gasteiger partial charge in [0, 0.05) is 12.1 Å². The van der Waals surface area contributed by atoms with Crippen molar-refractivity contribution in [2.24, 2.45) is 0 Å².